The molecule has 0 bridgehead atoms. The largest absolute Gasteiger partial charge is 0.351 e. The average molecular weight is 305 g/mol. The van der Waals surface area contributed by atoms with Gasteiger partial charge in [-0.05, 0) is 36.1 Å². The summed E-state index contributed by atoms with van der Waals surface area (Å²) in [6, 6.07) is 10.6. The molecule has 1 aromatic carbocycles. The molecule has 2 nitrogen and oxygen atoms in total. The first-order chi connectivity index (χ1) is 9.74. The lowest BCUT2D eigenvalue weighted by atomic mass is 10.2. The number of benzene rings is 1. The van der Waals surface area contributed by atoms with E-state index in [0.717, 1.165) is 11.1 Å². The molecular formula is C15H12FNOS2. The van der Waals surface area contributed by atoms with Gasteiger partial charge < -0.3 is 5.32 Å². The number of nitrogens with one attached hydrogen (secondary N) is 1. The fraction of sp³-hybridized carbons (Fsp3) is 0.133. The number of thiophene rings is 2. The Kier molecular flexibility index (Phi) is 3.80. The lowest BCUT2D eigenvalue weighted by Gasteiger charge is -2.01. The summed E-state index contributed by atoms with van der Waals surface area (Å²) in [5.41, 5.74) is 0. The molecule has 0 aliphatic rings. The summed E-state index contributed by atoms with van der Waals surface area (Å²) in [4.78, 5) is 13.8. The van der Waals surface area contributed by atoms with Gasteiger partial charge in [-0.3, -0.25) is 4.79 Å². The molecule has 5 heteroatoms. The van der Waals surface area contributed by atoms with Gasteiger partial charge in [-0.1, -0.05) is 12.1 Å². The molecule has 0 aliphatic heterocycles. The second kappa shape index (κ2) is 5.73. The lowest BCUT2D eigenvalue weighted by Crippen LogP contribution is -2.24. The number of rotatable bonds is 4. The minimum Gasteiger partial charge on any atom is -0.351 e. The van der Waals surface area contributed by atoms with E-state index < -0.39 is 0 Å². The number of carbonyl (C=O) groups is 1. The molecule has 1 N–H and O–H groups in total. The molecule has 0 saturated carbocycles. The van der Waals surface area contributed by atoms with E-state index in [-0.39, 0.29) is 11.7 Å². The third-order valence-electron chi connectivity index (χ3n) is 2.97. The SMILES string of the molecule is O=C(NCCc1cccs1)c1cc2c(F)cccc2s1. The molecule has 0 aliphatic carbocycles. The normalized spacial score (nSPS) is 10.8. The summed E-state index contributed by atoms with van der Waals surface area (Å²) in [5, 5.41) is 5.41. The van der Waals surface area contributed by atoms with E-state index in [1.165, 1.54) is 22.3 Å². The minimum atomic E-state index is -0.281. The fourth-order valence-electron chi connectivity index (χ4n) is 1.98. The molecule has 3 aromatic rings. The van der Waals surface area contributed by atoms with Crippen LogP contribution < -0.4 is 5.32 Å². The Balaban J connectivity index is 1.68. The van der Waals surface area contributed by atoms with Crippen LogP contribution >= 0.6 is 22.7 Å². The monoisotopic (exact) mass is 305 g/mol. The van der Waals surface area contributed by atoms with E-state index in [1.807, 2.05) is 23.6 Å². The zero-order valence-corrected chi connectivity index (χ0v) is 12.2. The predicted molar refractivity (Wildman–Crippen MR) is 82.1 cm³/mol. The highest BCUT2D eigenvalue weighted by atomic mass is 32.1. The molecule has 0 saturated heterocycles. The van der Waals surface area contributed by atoms with Crippen LogP contribution in [-0.2, 0) is 6.42 Å². The number of hydrogen-bond donors (Lipinski definition) is 1. The van der Waals surface area contributed by atoms with Crippen LogP contribution in [0.2, 0.25) is 0 Å². The Bertz CT molecular complexity index is 734. The zero-order valence-electron chi connectivity index (χ0n) is 10.6. The van der Waals surface area contributed by atoms with Gasteiger partial charge in [-0.2, -0.15) is 0 Å². The highest BCUT2D eigenvalue weighted by Gasteiger charge is 2.11. The van der Waals surface area contributed by atoms with Crippen LogP contribution in [0.15, 0.2) is 41.8 Å². The molecule has 2 heterocycles. The summed E-state index contributed by atoms with van der Waals surface area (Å²) in [5.74, 6) is -0.418. The van der Waals surface area contributed by atoms with Gasteiger partial charge >= 0.3 is 0 Å². The van der Waals surface area contributed by atoms with Gasteiger partial charge in [0, 0.05) is 21.5 Å². The van der Waals surface area contributed by atoms with Crippen molar-refractivity contribution in [2.24, 2.45) is 0 Å². The number of fused-ring (bicyclic) bond motifs is 1. The van der Waals surface area contributed by atoms with Crippen molar-refractivity contribution in [3.05, 3.63) is 57.3 Å². The van der Waals surface area contributed by atoms with E-state index >= 15 is 0 Å². The maximum Gasteiger partial charge on any atom is 0.261 e. The van der Waals surface area contributed by atoms with Crippen molar-refractivity contribution in [2.45, 2.75) is 6.42 Å². The molecular weight excluding hydrogens is 293 g/mol. The van der Waals surface area contributed by atoms with Crippen LogP contribution in [0.3, 0.4) is 0 Å². The maximum atomic E-state index is 13.6. The summed E-state index contributed by atoms with van der Waals surface area (Å²) in [7, 11) is 0. The number of hydrogen-bond acceptors (Lipinski definition) is 3. The Morgan fingerprint density at radius 1 is 1.25 bits per heavy atom. The second-order valence-electron chi connectivity index (χ2n) is 4.35. The van der Waals surface area contributed by atoms with Crippen LogP contribution in [-0.4, -0.2) is 12.5 Å². The molecule has 0 atom stereocenters. The van der Waals surface area contributed by atoms with E-state index in [9.17, 15) is 9.18 Å². The van der Waals surface area contributed by atoms with E-state index in [4.69, 9.17) is 0 Å². The first-order valence-electron chi connectivity index (χ1n) is 6.22. The number of carbonyl (C=O) groups excluding carboxylic acids is 1. The molecule has 0 radical (unpaired) electrons. The van der Waals surface area contributed by atoms with E-state index in [1.54, 1.807) is 23.5 Å². The Labute approximate surface area is 123 Å². The van der Waals surface area contributed by atoms with Gasteiger partial charge in [0.2, 0.25) is 0 Å². The van der Waals surface area contributed by atoms with Gasteiger partial charge in [0.15, 0.2) is 0 Å². The molecule has 20 heavy (non-hydrogen) atoms. The van der Waals surface area contributed by atoms with Gasteiger partial charge in [-0.15, -0.1) is 22.7 Å². The van der Waals surface area contributed by atoms with Gasteiger partial charge in [0.05, 0.1) is 4.88 Å². The Morgan fingerprint density at radius 3 is 2.90 bits per heavy atom. The molecule has 1 amide bonds. The standard InChI is InChI=1S/C15H12FNOS2/c16-12-4-1-5-13-11(12)9-14(20-13)15(18)17-7-6-10-3-2-8-19-10/h1-5,8-9H,6-7H2,(H,17,18). The number of halogens is 1. The average Bonchev–Trinajstić information content (AvgIpc) is 3.07. The van der Waals surface area contributed by atoms with Gasteiger partial charge in [-0.25, -0.2) is 4.39 Å². The topological polar surface area (TPSA) is 29.1 Å². The molecule has 0 spiro atoms. The van der Waals surface area contributed by atoms with Crippen molar-refractivity contribution in [1.29, 1.82) is 0 Å². The van der Waals surface area contributed by atoms with Crippen molar-refractivity contribution in [3.63, 3.8) is 0 Å². The first-order valence-corrected chi connectivity index (χ1v) is 7.92. The van der Waals surface area contributed by atoms with Crippen LogP contribution in [0.25, 0.3) is 10.1 Å². The Hall–Kier alpha value is -1.72. The summed E-state index contributed by atoms with van der Waals surface area (Å²) in [6.45, 7) is 0.593. The summed E-state index contributed by atoms with van der Waals surface area (Å²) < 4.78 is 14.4. The minimum absolute atomic E-state index is 0.137. The van der Waals surface area contributed by atoms with E-state index in [0.29, 0.717) is 16.8 Å². The highest BCUT2D eigenvalue weighted by Crippen LogP contribution is 2.27. The van der Waals surface area contributed by atoms with Crippen molar-refractivity contribution in [1.82, 2.24) is 5.32 Å². The maximum absolute atomic E-state index is 13.6. The van der Waals surface area contributed by atoms with Crippen LogP contribution in [0.4, 0.5) is 4.39 Å². The Morgan fingerprint density at radius 2 is 2.15 bits per heavy atom. The fourth-order valence-corrected chi connectivity index (χ4v) is 3.68. The molecule has 0 unspecified atom stereocenters. The molecule has 3 rings (SSSR count). The van der Waals surface area contributed by atoms with E-state index in [2.05, 4.69) is 5.32 Å². The van der Waals surface area contributed by atoms with Crippen LogP contribution in [0, 0.1) is 5.82 Å². The quantitative estimate of drug-likeness (QED) is 0.773. The smallest absolute Gasteiger partial charge is 0.261 e. The third-order valence-corrected chi connectivity index (χ3v) is 5.00. The van der Waals surface area contributed by atoms with Crippen molar-refractivity contribution in [3.8, 4) is 0 Å². The van der Waals surface area contributed by atoms with Crippen LogP contribution in [0.5, 0.6) is 0 Å². The second-order valence-corrected chi connectivity index (χ2v) is 6.46. The molecule has 2 aromatic heterocycles. The predicted octanol–water partition coefficient (Wildman–Crippen LogP) is 4.07. The third kappa shape index (κ3) is 2.73. The van der Waals surface area contributed by atoms with Crippen molar-refractivity contribution < 1.29 is 9.18 Å². The first kappa shape index (κ1) is 13.3. The highest BCUT2D eigenvalue weighted by molar-refractivity contribution is 7.20. The summed E-state index contributed by atoms with van der Waals surface area (Å²) in [6.07, 6.45) is 0.822. The van der Waals surface area contributed by atoms with Crippen molar-refractivity contribution in [2.75, 3.05) is 6.54 Å². The summed E-state index contributed by atoms with van der Waals surface area (Å²) >= 11 is 3.00. The zero-order chi connectivity index (χ0) is 13.9. The molecule has 102 valence electrons. The van der Waals surface area contributed by atoms with Gasteiger partial charge in [0.1, 0.15) is 5.82 Å². The lowest BCUT2D eigenvalue weighted by molar-refractivity contribution is 0.0958. The van der Waals surface area contributed by atoms with Crippen molar-refractivity contribution >= 4 is 38.7 Å². The van der Waals surface area contributed by atoms with Crippen LogP contribution in [0.1, 0.15) is 14.5 Å². The van der Waals surface area contributed by atoms with Gasteiger partial charge in [0.25, 0.3) is 5.91 Å². The molecule has 0 fully saturated rings. The number of amides is 1.